The van der Waals surface area contributed by atoms with E-state index in [1.807, 2.05) is 54.8 Å². The Hall–Kier alpha value is -4.48. The fourth-order valence-corrected chi connectivity index (χ4v) is 7.57. The third-order valence-electron chi connectivity index (χ3n) is 8.54. The summed E-state index contributed by atoms with van der Waals surface area (Å²) in [4.78, 5) is 39.2. The van der Waals surface area contributed by atoms with Gasteiger partial charge in [0.1, 0.15) is 28.6 Å². The van der Waals surface area contributed by atoms with Crippen molar-refractivity contribution in [2.75, 3.05) is 7.11 Å². The number of para-hydroxylation sites is 1. The number of hydrogen-bond acceptors (Lipinski definition) is 8. The van der Waals surface area contributed by atoms with Gasteiger partial charge in [0.15, 0.2) is 5.65 Å². The van der Waals surface area contributed by atoms with E-state index in [2.05, 4.69) is 9.97 Å². The highest BCUT2D eigenvalue weighted by Crippen LogP contribution is 2.38. The van der Waals surface area contributed by atoms with Crippen molar-refractivity contribution in [1.29, 1.82) is 0 Å². The van der Waals surface area contributed by atoms with Crippen LogP contribution in [0.15, 0.2) is 75.4 Å². The fraction of sp³-hybridized carbons (Fsp3) is 0.333. The molecule has 1 aromatic carbocycles. The zero-order valence-electron chi connectivity index (χ0n) is 24.9. The molecule has 1 aliphatic rings. The van der Waals surface area contributed by atoms with Gasteiger partial charge < -0.3 is 18.3 Å². The molecule has 7 rings (SSSR count). The topological polar surface area (TPSA) is 106 Å². The molecule has 1 fully saturated rings. The molecule has 0 aliphatic heterocycles. The average molecular weight is 612 g/mol. The molecule has 226 valence electrons. The van der Waals surface area contributed by atoms with Crippen LogP contribution in [0.5, 0.6) is 5.75 Å². The summed E-state index contributed by atoms with van der Waals surface area (Å²) < 4.78 is 23.0. The number of imidazole rings is 1. The Labute approximate surface area is 257 Å². The predicted molar refractivity (Wildman–Crippen MR) is 169 cm³/mol. The number of ether oxygens (including phenoxy) is 2. The van der Waals surface area contributed by atoms with E-state index in [1.165, 1.54) is 28.6 Å². The third kappa shape index (κ3) is 4.76. The Morgan fingerprint density at radius 2 is 1.86 bits per heavy atom. The molecular weight excluding hydrogens is 578 g/mol. The lowest BCUT2D eigenvalue weighted by Crippen LogP contribution is -2.40. The highest BCUT2D eigenvalue weighted by molar-refractivity contribution is 7.22. The van der Waals surface area contributed by atoms with Gasteiger partial charge in [-0.1, -0.05) is 37.5 Å². The number of pyridine rings is 1. The van der Waals surface area contributed by atoms with Gasteiger partial charge in [0.05, 0.1) is 36.2 Å². The van der Waals surface area contributed by atoms with E-state index in [1.54, 1.807) is 30.3 Å². The number of hydrogen-bond donors (Lipinski definition) is 0. The highest BCUT2D eigenvalue weighted by atomic mass is 32.1. The summed E-state index contributed by atoms with van der Waals surface area (Å²) in [6.45, 7) is 3.93. The van der Waals surface area contributed by atoms with Crippen LogP contribution >= 0.6 is 11.3 Å². The van der Waals surface area contributed by atoms with Gasteiger partial charge >= 0.3 is 5.69 Å². The molecule has 6 aromatic rings. The van der Waals surface area contributed by atoms with Gasteiger partial charge in [-0.05, 0) is 49.9 Å². The minimum absolute atomic E-state index is 0.0598. The molecule has 1 aliphatic carbocycles. The average Bonchev–Trinajstić information content (AvgIpc) is 3.81. The van der Waals surface area contributed by atoms with Crippen molar-refractivity contribution in [3.8, 4) is 22.2 Å². The maximum atomic E-state index is 14.7. The third-order valence-corrected chi connectivity index (χ3v) is 9.85. The van der Waals surface area contributed by atoms with Crippen molar-refractivity contribution in [1.82, 2.24) is 23.5 Å². The van der Waals surface area contributed by atoms with E-state index in [4.69, 9.17) is 13.9 Å². The Bertz CT molecular complexity index is 2080. The van der Waals surface area contributed by atoms with Crippen molar-refractivity contribution >= 4 is 27.2 Å². The standard InChI is InChI=1S/C33H33N5O5S/c1-20-13-16-36-17-14-34-29(36)27(20)38-31(39)26-21(2)28(30-35-15-18-42-30)44-32(26)37(33(38)40)19-25(43-22-9-5-4-6-10-22)23-11-7-8-12-24(23)41-3/h7-8,11-18,22,25H,4-6,9-10,19H2,1-3H3. The van der Waals surface area contributed by atoms with Crippen molar-refractivity contribution in [3.05, 3.63) is 98.9 Å². The Balaban J connectivity index is 1.50. The van der Waals surface area contributed by atoms with Crippen LogP contribution in [0, 0.1) is 13.8 Å². The van der Waals surface area contributed by atoms with Crippen molar-refractivity contribution < 1.29 is 13.9 Å². The molecule has 0 spiro atoms. The molecule has 0 bridgehead atoms. The number of benzene rings is 1. The second-order valence-electron chi connectivity index (χ2n) is 11.2. The lowest BCUT2D eigenvalue weighted by Gasteiger charge is -2.29. The van der Waals surface area contributed by atoms with E-state index in [-0.39, 0.29) is 12.6 Å². The minimum atomic E-state index is -0.503. The zero-order chi connectivity index (χ0) is 30.4. The van der Waals surface area contributed by atoms with Crippen molar-refractivity contribution in [2.24, 2.45) is 0 Å². The predicted octanol–water partition coefficient (Wildman–Crippen LogP) is 6.23. The SMILES string of the molecule is COc1ccccc1C(Cn1c(=O)n(-c2c(C)ccn3ccnc23)c(=O)c2c(C)c(-c3ncco3)sc21)OC1CCCCC1. The van der Waals surface area contributed by atoms with Crippen LogP contribution in [0.25, 0.3) is 32.3 Å². The zero-order valence-corrected chi connectivity index (χ0v) is 25.7. The van der Waals surface area contributed by atoms with Crippen LogP contribution in [-0.2, 0) is 11.3 Å². The largest absolute Gasteiger partial charge is 0.496 e. The first kappa shape index (κ1) is 28.3. The van der Waals surface area contributed by atoms with Gasteiger partial charge in [0.2, 0.25) is 5.89 Å². The molecule has 1 unspecified atom stereocenters. The van der Waals surface area contributed by atoms with Crippen molar-refractivity contribution in [3.63, 3.8) is 0 Å². The van der Waals surface area contributed by atoms with Gasteiger partial charge in [0, 0.05) is 24.2 Å². The molecule has 5 aromatic heterocycles. The number of fused-ring (bicyclic) bond motifs is 2. The molecule has 1 saturated carbocycles. The lowest BCUT2D eigenvalue weighted by molar-refractivity contribution is -0.0400. The first-order valence-corrected chi connectivity index (χ1v) is 15.7. The first-order valence-electron chi connectivity index (χ1n) is 14.9. The number of aromatic nitrogens is 5. The highest BCUT2D eigenvalue weighted by Gasteiger charge is 2.29. The quantitative estimate of drug-likeness (QED) is 0.201. The summed E-state index contributed by atoms with van der Waals surface area (Å²) in [5, 5.41) is 0.437. The molecule has 0 amide bonds. The number of aryl methyl sites for hydroxylation is 2. The maximum absolute atomic E-state index is 14.7. The molecule has 11 heteroatoms. The second kappa shape index (κ2) is 11.5. The number of methoxy groups -OCH3 is 1. The Morgan fingerprint density at radius 1 is 1.05 bits per heavy atom. The smallest absolute Gasteiger partial charge is 0.336 e. The molecule has 0 radical (unpaired) electrons. The van der Waals surface area contributed by atoms with E-state index in [9.17, 15) is 9.59 Å². The van der Waals surface area contributed by atoms with Gasteiger partial charge in [-0.2, -0.15) is 0 Å². The van der Waals surface area contributed by atoms with Gasteiger partial charge in [-0.3, -0.25) is 9.36 Å². The molecule has 1 atom stereocenters. The van der Waals surface area contributed by atoms with Crippen LogP contribution in [0.1, 0.15) is 54.9 Å². The molecule has 0 saturated heterocycles. The van der Waals surface area contributed by atoms with Crippen molar-refractivity contribution in [2.45, 2.75) is 64.7 Å². The van der Waals surface area contributed by atoms with Crippen LogP contribution in [0.2, 0.25) is 0 Å². The van der Waals surface area contributed by atoms with Gasteiger partial charge in [-0.25, -0.2) is 19.3 Å². The number of thiophene rings is 1. The summed E-state index contributed by atoms with van der Waals surface area (Å²) in [5.41, 5.74) is 2.42. The van der Waals surface area contributed by atoms with E-state index in [0.29, 0.717) is 43.6 Å². The number of rotatable bonds is 8. The molecule has 5 heterocycles. The maximum Gasteiger partial charge on any atom is 0.336 e. The lowest BCUT2D eigenvalue weighted by atomic mass is 9.97. The summed E-state index contributed by atoms with van der Waals surface area (Å²) in [7, 11) is 1.64. The summed E-state index contributed by atoms with van der Waals surface area (Å²) >= 11 is 1.33. The summed E-state index contributed by atoms with van der Waals surface area (Å²) in [5.74, 6) is 1.09. The minimum Gasteiger partial charge on any atom is -0.496 e. The normalized spacial score (nSPS) is 14.9. The summed E-state index contributed by atoms with van der Waals surface area (Å²) in [6, 6.07) is 9.64. The van der Waals surface area contributed by atoms with Gasteiger partial charge in [-0.15, -0.1) is 11.3 Å². The van der Waals surface area contributed by atoms with E-state index < -0.39 is 17.4 Å². The molecule has 10 nitrogen and oxygen atoms in total. The van der Waals surface area contributed by atoms with Crippen LogP contribution < -0.4 is 16.0 Å². The monoisotopic (exact) mass is 611 g/mol. The van der Waals surface area contributed by atoms with Crippen LogP contribution in [-0.4, -0.2) is 36.7 Å². The Morgan fingerprint density at radius 3 is 2.64 bits per heavy atom. The van der Waals surface area contributed by atoms with E-state index >= 15 is 0 Å². The number of oxazole rings is 1. The first-order chi connectivity index (χ1) is 21.5. The molecule has 44 heavy (non-hydrogen) atoms. The van der Waals surface area contributed by atoms with Gasteiger partial charge in [0.25, 0.3) is 5.56 Å². The molecule has 0 N–H and O–H groups in total. The molecular formula is C33H33N5O5S. The fourth-order valence-electron chi connectivity index (χ4n) is 6.33. The number of nitrogens with zero attached hydrogens (tertiary/aromatic N) is 5. The van der Waals surface area contributed by atoms with E-state index in [0.717, 1.165) is 36.8 Å². The second-order valence-corrected chi connectivity index (χ2v) is 12.2. The Kier molecular flexibility index (Phi) is 7.43. The van der Waals surface area contributed by atoms with Crippen LogP contribution in [0.4, 0.5) is 0 Å². The summed E-state index contributed by atoms with van der Waals surface area (Å²) in [6.07, 6.45) is 13.3. The van der Waals surface area contributed by atoms with Crippen LogP contribution in [0.3, 0.4) is 0 Å².